The van der Waals surface area contributed by atoms with E-state index < -0.39 is 0 Å². The van der Waals surface area contributed by atoms with E-state index in [1.54, 1.807) is 12.4 Å². The second-order valence-corrected chi connectivity index (χ2v) is 3.55. The number of pyridine rings is 1. The average Bonchev–Trinajstić information content (AvgIpc) is 2.64. The van der Waals surface area contributed by atoms with Gasteiger partial charge in [0.25, 0.3) is 0 Å². The van der Waals surface area contributed by atoms with Gasteiger partial charge in [0.1, 0.15) is 5.82 Å². The van der Waals surface area contributed by atoms with E-state index in [9.17, 15) is 0 Å². The molecule has 0 fully saturated rings. The Kier molecular flexibility index (Phi) is 2.51. The second kappa shape index (κ2) is 3.82. The zero-order valence-corrected chi connectivity index (χ0v) is 8.88. The SMILES string of the molecule is Cc1ncccc1C(N)c1nccn1C. The average molecular weight is 202 g/mol. The van der Waals surface area contributed by atoms with E-state index >= 15 is 0 Å². The van der Waals surface area contributed by atoms with E-state index in [1.165, 1.54) is 0 Å². The predicted molar refractivity (Wildman–Crippen MR) is 58.2 cm³/mol. The predicted octanol–water partition coefficient (Wildman–Crippen LogP) is 1.17. The van der Waals surface area contributed by atoms with Crippen molar-refractivity contribution < 1.29 is 0 Å². The van der Waals surface area contributed by atoms with Crippen molar-refractivity contribution in [2.75, 3.05) is 0 Å². The monoisotopic (exact) mass is 202 g/mol. The van der Waals surface area contributed by atoms with Crippen molar-refractivity contribution in [3.05, 3.63) is 47.8 Å². The molecule has 1 atom stereocenters. The standard InChI is InChI=1S/C11H14N4/c1-8-9(4-3-5-13-8)10(12)11-14-6-7-15(11)2/h3-7,10H,12H2,1-2H3. The van der Waals surface area contributed by atoms with Gasteiger partial charge in [-0.1, -0.05) is 6.07 Å². The Hall–Kier alpha value is -1.68. The Morgan fingerprint density at radius 3 is 2.73 bits per heavy atom. The van der Waals surface area contributed by atoms with Crippen LogP contribution in [0.2, 0.25) is 0 Å². The van der Waals surface area contributed by atoms with Crippen LogP contribution in [0, 0.1) is 6.92 Å². The number of aryl methyl sites for hydroxylation is 2. The van der Waals surface area contributed by atoms with E-state index in [2.05, 4.69) is 9.97 Å². The number of nitrogens with two attached hydrogens (primary N) is 1. The minimum Gasteiger partial charge on any atom is -0.336 e. The molecule has 2 N–H and O–H groups in total. The molecule has 0 saturated carbocycles. The third kappa shape index (κ3) is 1.76. The summed E-state index contributed by atoms with van der Waals surface area (Å²) in [4.78, 5) is 8.47. The van der Waals surface area contributed by atoms with Gasteiger partial charge in [-0.3, -0.25) is 4.98 Å². The Morgan fingerprint density at radius 1 is 1.33 bits per heavy atom. The molecule has 2 rings (SSSR count). The molecule has 2 aromatic rings. The summed E-state index contributed by atoms with van der Waals surface area (Å²) in [7, 11) is 1.94. The Morgan fingerprint density at radius 2 is 2.13 bits per heavy atom. The van der Waals surface area contributed by atoms with Gasteiger partial charge in [0.2, 0.25) is 0 Å². The fraction of sp³-hybridized carbons (Fsp3) is 0.273. The van der Waals surface area contributed by atoms with Crippen LogP contribution in [0.4, 0.5) is 0 Å². The lowest BCUT2D eigenvalue weighted by atomic mass is 10.1. The summed E-state index contributed by atoms with van der Waals surface area (Å²) in [6, 6.07) is 3.67. The largest absolute Gasteiger partial charge is 0.336 e. The first-order valence-electron chi connectivity index (χ1n) is 4.84. The summed E-state index contributed by atoms with van der Waals surface area (Å²) in [6.45, 7) is 1.96. The summed E-state index contributed by atoms with van der Waals surface area (Å²) in [6.07, 6.45) is 5.41. The van der Waals surface area contributed by atoms with E-state index in [0.717, 1.165) is 17.1 Å². The molecule has 0 aliphatic heterocycles. The normalized spacial score (nSPS) is 12.7. The lowest BCUT2D eigenvalue weighted by molar-refractivity contribution is 0.709. The topological polar surface area (TPSA) is 56.7 Å². The first kappa shape index (κ1) is 9.86. The Labute approximate surface area is 88.8 Å². The summed E-state index contributed by atoms with van der Waals surface area (Å²) in [5, 5.41) is 0. The molecule has 78 valence electrons. The molecule has 4 heteroatoms. The summed E-state index contributed by atoms with van der Waals surface area (Å²) in [5.41, 5.74) is 8.11. The van der Waals surface area contributed by atoms with Crippen LogP contribution in [-0.4, -0.2) is 14.5 Å². The zero-order valence-electron chi connectivity index (χ0n) is 8.88. The van der Waals surface area contributed by atoms with Gasteiger partial charge < -0.3 is 10.3 Å². The fourth-order valence-corrected chi connectivity index (χ4v) is 1.64. The maximum atomic E-state index is 6.14. The third-order valence-electron chi connectivity index (χ3n) is 2.52. The highest BCUT2D eigenvalue weighted by Gasteiger charge is 2.15. The van der Waals surface area contributed by atoms with Crippen LogP contribution < -0.4 is 5.73 Å². The second-order valence-electron chi connectivity index (χ2n) is 3.55. The van der Waals surface area contributed by atoms with E-state index in [4.69, 9.17) is 5.73 Å². The van der Waals surface area contributed by atoms with Gasteiger partial charge in [0.15, 0.2) is 0 Å². The van der Waals surface area contributed by atoms with E-state index in [1.807, 2.05) is 36.9 Å². The van der Waals surface area contributed by atoms with Crippen molar-refractivity contribution in [1.82, 2.24) is 14.5 Å². The van der Waals surface area contributed by atoms with Gasteiger partial charge in [-0.15, -0.1) is 0 Å². The van der Waals surface area contributed by atoms with Crippen LogP contribution in [0.5, 0.6) is 0 Å². The molecular formula is C11H14N4. The molecule has 0 radical (unpaired) electrons. The zero-order chi connectivity index (χ0) is 10.8. The highest BCUT2D eigenvalue weighted by molar-refractivity contribution is 5.27. The molecule has 1 unspecified atom stereocenters. The summed E-state index contributed by atoms with van der Waals surface area (Å²) in [5.74, 6) is 0.853. The summed E-state index contributed by atoms with van der Waals surface area (Å²) < 4.78 is 1.93. The van der Waals surface area contributed by atoms with Crippen LogP contribution in [0.1, 0.15) is 23.1 Å². The molecule has 0 spiro atoms. The van der Waals surface area contributed by atoms with Crippen LogP contribution in [-0.2, 0) is 7.05 Å². The summed E-state index contributed by atoms with van der Waals surface area (Å²) >= 11 is 0. The highest BCUT2D eigenvalue weighted by atomic mass is 15.1. The van der Waals surface area contributed by atoms with Crippen molar-refractivity contribution >= 4 is 0 Å². The first-order valence-corrected chi connectivity index (χ1v) is 4.84. The molecular weight excluding hydrogens is 188 g/mol. The van der Waals surface area contributed by atoms with Gasteiger partial charge >= 0.3 is 0 Å². The third-order valence-corrected chi connectivity index (χ3v) is 2.52. The van der Waals surface area contributed by atoms with Gasteiger partial charge in [-0.05, 0) is 18.6 Å². The quantitative estimate of drug-likeness (QED) is 0.795. The number of nitrogens with zero attached hydrogens (tertiary/aromatic N) is 3. The van der Waals surface area contributed by atoms with E-state index in [0.29, 0.717) is 0 Å². The maximum absolute atomic E-state index is 6.14. The van der Waals surface area contributed by atoms with Crippen LogP contribution in [0.25, 0.3) is 0 Å². The van der Waals surface area contributed by atoms with E-state index in [-0.39, 0.29) is 6.04 Å². The number of aromatic nitrogens is 3. The van der Waals surface area contributed by atoms with Crippen LogP contribution in [0.15, 0.2) is 30.7 Å². The molecule has 0 aliphatic rings. The van der Waals surface area contributed by atoms with Crippen molar-refractivity contribution in [3.8, 4) is 0 Å². The molecule has 0 aliphatic carbocycles. The van der Waals surface area contributed by atoms with Crippen LogP contribution >= 0.6 is 0 Å². The van der Waals surface area contributed by atoms with Crippen molar-refractivity contribution in [3.63, 3.8) is 0 Å². The van der Waals surface area contributed by atoms with Crippen molar-refractivity contribution in [2.24, 2.45) is 12.8 Å². The van der Waals surface area contributed by atoms with Crippen LogP contribution in [0.3, 0.4) is 0 Å². The molecule has 0 aromatic carbocycles. The highest BCUT2D eigenvalue weighted by Crippen LogP contribution is 2.19. The van der Waals surface area contributed by atoms with Crippen molar-refractivity contribution in [1.29, 1.82) is 0 Å². The van der Waals surface area contributed by atoms with Gasteiger partial charge in [-0.25, -0.2) is 4.98 Å². The smallest absolute Gasteiger partial charge is 0.130 e. The molecule has 0 bridgehead atoms. The molecule has 4 nitrogen and oxygen atoms in total. The lowest BCUT2D eigenvalue weighted by Crippen LogP contribution is -2.18. The molecule has 0 amide bonds. The number of imidazole rings is 1. The fourth-order valence-electron chi connectivity index (χ4n) is 1.64. The number of hydrogen-bond donors (Lipinski definition) is 1. The Balaban J connectivity index is 2.41. The minimum atomic E-state index is -0.210. The van der Waals surface area contributed by atoms with Gasteiger partial charge in [0.05, 0.1) is 6.04 Å². The maximum Gasteiger partial charge on any atom is 0.130 e. The Bertz CT molecular complexity index is 461. The number of hydrogen-bond acceptors (Lipinski definition) is 3. The molecule has 0 saturated heterocycles. The van der Waals surface area contributed by atoms with Gasteiger partial charge in [-0.2, -0.15) is 0 Å². The van der Waals surface area contributed by atoms with Gasteiger partial charge in [0, 0.05) is 31.3 Å². The molecule has 15 heavy (non-hydrogen) atoms. The molecule has 2 heterocycles. The lowest BCUT2D eigenvalue weighted by Gasteiger charge is -2.13. The number of rotatable bonds is 2. The van der Waals surface area contributed by atoms with Crippen molar-refractivity contribution in [2.45, 2.75) is 13.0 Å². The molecule has 2 aromatic heterocycles. The minimum absolute atomic E-state index is 0.210. The first-order chi connectivity index (χ1) is 7.20.